The average molecular weight is 210 g/mol. The second kappa shape index (κ2) is 4.66. The maximum Gasteiger partial charge on any atom is 0.227 e. The van der Waals surface area contributed by atoms with Gasteiger partial charge in [0.2, 0.25) is 5.88 Å². The second-order valence-electron chi connectivity index (χ2n) is 4.25. The summed E-state index contributed by atoms with van der Waals surface area (Å²) in [5, 5.41) is 12.8. The molecule has 1 fully saturated rings. The summed E-state index contributed by atoms with van der Waals surface area (Å²) in [6, 6.07) is 1.98. The van der Waals surface area contributed by atoms with Gasteiger partial charge in [0.05, 0.1) is 5.69 Å². The third-order valence-electron chi connectivity index (χ3n) is 3.08. The molecule has 0 spiro atoms. The van der Waals surface area contributed by atoms with Crippen LogP contribution in [-0.4, -0.2) is 30.0 Å². The minimum Gasteiger partial charge on any atom is -0.396 e. The summed E-state index contributed by atoms with van der Waals surface area (Å²) in [5.41, 5.74) is 0.933. The van der Waals surface area contributed by atoms with Gasteiger partial charge in [-0.05, 0) is 32.1 Å². The molecule has 1 aromatic heterocycles. The van der Waals surface area contributed by atoms with Gasteiger partial charge in [-0.1, -0.05) is 5.16 Å². The molecule has 0 unspecified atom stereocenters. The van der Waals surface area contributed by atoms with Crippen molar-refractivity contribution in [3.05, 3.63) is 11.8 Å². The van der Waals surface area contributed by atoms with Crippen molar-refractivity contribution < 1.29 is 9.63 Å². The molecule has 0 radical (unpaired) electrons. The van der Waals surface area contributed by atoms with E-state index in [1.807, 2.05) is 13.0 Å². The molecule has 1 N–H and O–H groups in total. The number of aliphatic hydroxyl groups excluding tert-OH is 1. The monoisotopic (exact) mass is 210 g/mol. The molecule has 1 aromatic rings. The minimum atomic E-state index is 0.312. The van der Waals surface area contributed by atoms with E-state index in [2.05, 4.69) is 10.1 Å². The van der Waals surface area contributed by atoms with Gasteiger partial charge in [-0.3, -0.25) is 0 Å². The molecule has 1 aliphatic rings. The smallest absolute Gasteiger partial charge is 0.227 e. The molecule has 2 rings (SSSR count). The molecular weight excluding hydrogens is 192 g/mol. The molecule has 0 atom stereocenters. The fourth-order valence-corrected chi connectivity index (χ4v) is 2.12. The van der Waals surface area contributed by atoms with Crippen molar-refractivity contribution in [1.82, 2.24) is 5.16 Å². The molecule has 4 heteroatoms. The van der Waals surface area contributed by atoms with Crippen LogP contribution in [0.1, 0.15) is 25.0 Å². The highest BCUT2D eigenvalue weighted by atomic mass is 16.5. The predicted molar refractivity (Wildman–Crippen MR) is 57.9 cm³/mol. The van der Waals surface area contributed by atoms with Crippen molar-refractivity contribution in [3.63, 3.8) is 0 Å². The third-order valence-corrected chi connectivity index (χ3v) is 3.08. The summed E-state index contributed by atoms with van der Waals surface area (Å²) in [4.78, 5) is 2.23. The van der Waals surface area contributed by atoms with Gasteiger partial charge in [0.25, 0.3) is 0 Å². The molecule has 0 aromatic carbocycles. The van der Waals surface area contributed by atoms with Gasteiger partial charge in [-0.15, -0.1) is 0 Å². The number of hydrogen-bond acceptors (Lipinski definition) is 4. The van der Waals surface area contributed by atoms with E-state index in [0.717, 1.165) is 43.9 Å². The van der Waals surface area contributed by atoms with Crippen molar-refractivity contribution >= 4 is 5.88 Å². The first-order valence-corrected chi connectivity index (χ1v) is 5.58. The van der Waals surface area contributed by atoms with Crippen molar-refractivity contribution in [1.29, 1.82) is 0 Å². The van der Waals surface area contributed by atoms with E-state index in [0.29, 0.717) is 12.5 Å². The molecule has 0 saturated carbocycles. The largest absolute Gasteiger partial charge is 0.396 e. The lowest BCUT2D eigenvalue weighted by Crippen LogP contribution is -2.33. The number of aryl methyl sites for hydroxylation is 1. The number of anilines is 1. The van der Waals surface area contributed by atoms with Crippen molar-refractivity contribution in [2.75, 3.05) is 24.6 Å². The number of aliphatic hydroxyl groups is 1. The standard InChI is InChI=1S/C11H18N2O2/c1-9-8-11(15-12-9)13-5-2-10(3-6-13)4-7-14/h8,10,14H,2-7H2,1H3. The summed E-state index contributed by atoms with van der Waals surface area (Å²) < 4.78 is 5.23. The Labute approximate surface area is 89.9 Å². The van der Waals surface area contributed by atoms with Crippen LogP contribution in [0.25, 0.3) is 0 Å². The topological polar surface area (TPSA) is 49.5 Å². The van der Waals surface area contributed by atoms with Gasteiger partial charge < -0.3 is 14.5 Å². The highest BCUT2D eigenvalue weighted by molar-refractivity contribution is 5.35. The van der Waals surface area contributed by atoms with Crippen LogP contribution in [0, 0.1) is 12.8 Å². The maximum atomic E-state index is 8.86. The second-order valence-corrected chi connectivity index (χ2v) is 4.25. The first kappa shape index (κ1) is 10.5. The van der Waals surface area contributed by atoms with E-state index < -0.39 is 0 Å². The molecule has 15 heavy (non-hydrogen) atoms. The SMILES string of the molecule is Cc1cc(N2CCC(CCO)CC2)on1. The molecule has 4 nitrogen and oxygen atoms in total. The average Bonchev–Trinajstić information content (AvgIpc) is 2.67. The van der Waals surface area contributed by atoms with Crippen LogP contribution in [0.2, 0.25) is 0 Å². The van der Waals surface area contributed by atoms with Gasteiger partial charge in [-0.2, -0.15) is 0 Å². The lowest BCUT2D eigenvalue weighted by Gasteiger charge is -2.30. The molecule has 1 aliphatic heterocycles. The highest BCUT2D eigenvalue weighted by Crippen LogP contribution is 2.25. The maximum absolute atomic E-state index is 8.86. The van der Waals surface area contributed by atoms with Gasteiger partial charge in [0.1, 0.15) is 0 Å². The van der Waals surface area contributed by atoms with Crippen molar-refractivity contribution in [2.45, 2.75) is 26.2 Å². The summed E-state index contributed by atoms with van der Waals surface area (Å²) in [6.45, 7) is 4.27. The summed E-state index contributed by atoms with van der Waals surface area (Å²) in [6.07, 6.45) is 3.21. The zero-order valence-electron chi connectivity index (χ0n) is 9.15. The summed E-state index contributed by atoms with van der Waals surface area (Å²) in [5.74, 6) is 1.56. The Bertz CT molecular complexity index is 303. The molecular formula is C11H18N2O2. The first-order chi connectivity index (χ1) is 7.29. The van der Waals surface area contributed by atoms with Crippen molar-refractivity contribution in [3.8, 4) is 0 Å². The lowest BCUT2D eigenvalue weighted by molar-refractivity contribution is 0.238. The molecule has 84 valence electrons. The van der Waals surface area contributed by atoms with E-state index in [1.165, 1.54) is 0 Å². The zero-order chi connectivity index (χ0) is 10.7. The predicted octanol–water partition coefficient (Wildman–Crippen LogP) is 1.58. The van der Waals surface area contributed by atoms with Crippen LogP contribution in [-0.2, 0) is 0 Å². The third kappa shape index (κ3) is 2.50. The van der Waals surface area contributed by atoms with E-state index in [9.17, 15) is 0 Å². The van der Waals surface area contributed by atoms with Crippen molar-refractivity contribution in [2.24, 2.45) is 5.92 Å². The van der Waals surface area contributed by atoms with Crippen LogP contribution in [0.5, 0.6) is 0 Å². The Kier molecular flexibility index (Phi) is 3.26. The lowest BCUT2D eigenvalue weighted by atomic mass is 9.94. The Morgan fingerprint density at radius 2 is 2.27 bits per heavy atom. The Morgan fingerprint density at radius 3 is 2.80 bits per heavy atom. The first-order valence-electron chi connectivity index (χ1n) is 5.58. The van der Waals surface area contributed by atoms with E-state index in [4.69, 9.17) is 9.63 Å². The van der Waals surface area contributed by atoms with Gasteiger partial charge in [-0.25, -0.2) is 0 Å². The molecule has 2 heterocycles. The van der Waals surface area contributed by atoms with Gasteiger partial charge in [0.15, 0.2) is 0 Å². The van der Waals surface area contributed by atoms with E-state index in [-0.39, 0.29) is 0 Å². The fraction of sp³-hybridized carbons (Fsp3) is 0.727. The van der Waals surface area contributed by atoms with E-state index >= 15 is 0 Å². The summed E-state index contributed by atoms with van der Waals surface area (Å²) in [7, 11) is 0. The molecule has 1 saturated heterocycles. The Balaban J connectivity index is 1.88. The summed E-state index contributed by atoms with van der Waals surface area (Å²) >= 11 is 0. The molecule has 0 aliphatic carbocycles. The quantitative estimate of drug-likeness (QED) is 0.823. The Hall–Kier alpha value is -1.03. The van der Waals surface area contributed by atoms with Crippen LogP contribution < -0.4 is 4.90 Å². The fourth-order valence-electron chi connectivity index (χ4n) is 2.12. The highest BCUT2D eigenvalue weighted by Gasteiger charge is 2.20. The normalized spacial score (nSPS) is 18.4. The van der Waals surface area contributed by atoms with Crippen LogP contribution >= 0.6 is 0 Å². The molecule has 0 amide bonds. The number of rotatable bonds is 3. The number of hydrogen-bond donors (Lipinski definition) is 1. The zero-order valence-corrected chi connectivity index (χ0v) is 9.15. The van der Waals surface area contributed by atoms with Gasteiger partial charge in [0, 0.05) is 25.8 Å². The van der Waals surface area contributed by atoms with E-state index in [1.54, 1.807) is 0 Å². The van der Waals surface area contributed by atoms with Crippen LogP contribution in [0.4, 0.5) is 5.88 Å². The number of aromatic nitrogens is 1. The van der Waals surface area contributed by atoms with Crippen LogP contribution in [0.3, 0.4) is 0 Å². The van der Waals surface area contributed by atoms with Crippen LogP contribution in [0.15, 0.2) is 10.6 Å². The number of nitrogens with zero attached hydrogens (tertiary/aromatic N) is 2. The van der Waals surface area contributed by atoms with Gasteiger partial charge >= 0.3 is 0 Å². The molecule has 0 bridgehead atoms. The Morgan fingerprint density at radius 1 is 1.53 bits per heavy atom. The minimum absolute atomic E-state index is 0.312. The number of piperidine rings is 1.